The number of hydrogen-bond donors (Lipinski definition) is 1. The Morgan fingerprint density at radius 1 is 1.27 bits per heavy atom. The molecule has 0 saturated carbocycles. The summed E-state index contributed by atoms with van der Waals surface area (Å²) in [7, 11) is 0. The zero-order valence-corrected chi connectivity index (χ0v) is 10.9. The van der Waals surface area contributed by atoms with Crippen molar-refractivity contribution in [1.29, 1.82) is 0 Å². The highest BCUT2D eigenvalue weighted by atomic mass is 15.1. The smallest absolute Gasteiger partial charge is 0.00126 e. The zero-order valence-electron chi connectivity index (χ0n) is 10.9. The Kier molecular flexibility index (Phi) is 5.62. The minimum Gasteiger partial charge on any atom is -0.314 e. The lowest BCUT2D eigenvalue weighted by Crippen LogP contribution is -2.29. The number of nitrogens with zero attached hydrogens (tertiary/aromatic N) is 1. The van der Waals surface area contributed by atoms with E-state index in [1.807, 2.05) is 0 Å². The lowest BCUT2D eigenvalue weighted by molar-refractivity contribution is 0.297. The minimum atomic E-state index is 0.631. The summed E-state index contributed by atoms with van der Waals surface area (Å²) in [5.41, 5.74) is 0. The fourth-order valence-corrected chi connectivity index (χ4v) is 2.30. The van der Waals surface area contributed by atoms with Gasteiger partial charge in [-0.15, -0.1) is 0 Å². The van der Waals surface area contributed by atoms with E-state index in [4.69, 9.17) is 0 Å². The molecule has 1 aliphatic heterocycles. The third-order valence-electron chi connectivity index (χ3n) is 3.46. The van der Waals surface area contributed by atoms with E-state index >= 15 is 0 Å². The highest BCUT2D eigenvalue weighted by Crippen LogP contribution is 2.23. The maximum absolute atomic E-state index is 3.48. The SMILES string of the molecule is CC(C)NCCCN1CCC(C(C)C)C1. The predicted molar refractivity (Wildman–Crippen MR) is 67.1 cm³/mol. The van der Waals surface area contributed by atoms with E-state index in [0.29, 0.717) is 6.04 Å². The van der Waals surface area contributed by atoms with Crippen molar-refractivity contribution < 1.29 is 0 Å². The third-order valence-corrected chi connectivity index (χ3v) is 3.46. The molecule has 0 spiro atoms. The fourth-order valence-electron chi connectivity index (χ4n) is 2.30. The first-order valence-electron chi connectivity index (χ1n) is 6.55. The second-order valence-electron chi connectivity index (χ2n) is 5.56. The number of nitrogens with one attached hydrogen (secondary N) is 1. The van der Waals surface area contributed by atoms with Gasteiger partial charge in [-0.3, -0.25) is 0 Å². The Hall–Kier alpha value is -0.0800. The van der Waals surface area contributed by atoms with E-state index < -0.39 is 0 Å². The third kappa shape index (κ3) is 4.98. The molecule has 0 aromatic carbocycles. The second kappa shape index (κ2) is 6.49. The molecule has 1 atom stereocenters. The van der Waals surface area contributed by atoms with Crippen LogP contribution in [0.2, 0.25) is 0 Å². The van der Waals surface area contributed by atoms with E-state index in [2.05, 4.69) is 37.9 Å². The average molecular weight is 212 g/mol. The molecule has 0 aliphatic carbocycles. The van der Waals surface area contributed by atoms with Gasteiger partial charge < -0.3 is 10.2 Å². The van der Waals surface area contributed by atoms with Gasteiger partial charge in [-0.2, -0.15) is 0 Å². The van der Waals surface area contributed by atoms with Crippen molar-refractivity contribution in [3.63, 3.8) is 0 Å². The molecule has 1 rings (SSSR count). The zero-order chi connectivity index (χ0) is 11.3. The molecule has 15 heavy (non-hydrogen) atoms. The van der Waals surface area contributed by atoms with E-state index in [9.17, 15) is 0 Å². The van der Waals surface area contributed by atoms with Gasteiger partial charge in [0.2, 0.25) is 0 Å². The normalized spacial score (nSPS) is 23.2. The van der Waals surface area contributed by atoms with E-state index in [1.165, 1.54) is 39.0 Å². The Balaban J connectivity index is 2.04. The molecule has 1 N–H and O–H groups in total. The average Bonchev–Trinajstić information content (AvgIpc) is 2.60. The molecule has 2 nitrogen and oxygen atoms in total. The van der Waals surface area contributed by atoms with Crippen LogP contribution in [0.4, 0.5) is 0 Å². The van der Waals surface area contributed by atoms with Crippen LogP contribution in [0.5, 0.6) is 0 Å². The summed E-state index contributed by atoms with van der Waals surface area (Å²) in [6.07, 6.45) is 2.71. The lowest BCUT2D eigenvalue weighted by atomic mass is 9.95. The van der Waals surface area contributed by atoms with E-state index in [0.717, 1.165) is 11.8 Å². The largest absolute Gasteiger partial charge is 0.314 e. The number of likely N-dealkylation sites (tertiary alicyclic amines) is 1. The molecule has 1 fully saturated rings. The van der Waals surface area contributed by atoms with Crippen molar-refractivity contribution in [2.24, 2.45) is 11.8 Å². The molecule has 1 saturated heterocycles. The van der Waals surface area contributed by atoms with Crippen LogP contribution in [0.15, 0.2) is 0 Å². The first-order chi connectivity index (χ1) is 7.09. The fraction of sp³-hybridized carbons (Fsp3) is 1.00. The highest BCUT2D eigenvalue weighted by Gasteiger charge is 2.23. The molecular formula is C13H28N2. The molecule has 0 amide bonds. The highest BCUT2D eigenvalue weighted by molar-refractivity contribution is 4.77. The monoisotopic (exact) mass is 212 g/mol. The molecule has 90 valence electrons. The Morgan fingerprint density at radius 2 is 2.00 bits per heavy atom. The molecule has 0 aromatic heterocycles. The predicted octanol–water partition coefficient (Wildman–Crippen LogP) is 2.35. The second-order valence-corrected chi connectivity index (χ2v) is 5.56. The maximum atomic E-state index is 3.48. The Labute approximate surface area is 95.4 Å². The van der Waals surface area contributed by atoms with Gasteiger partial charge in [-0.1, -0.05) is 27.7 Å². The summed E-state index contributed by atoms with van der Waals surface area (Å²) in [5.74, 6) is 1.81. The van der Waals surface area contributed by atoms with Gasteiger partial charge in [0.05, 0.1) is 0 Å². The quantitative estimate of drug-likeness (QED) is 0.680. The van der Waals surface area contributed by atoms with Crippen LogP contribution in [0.1, 0.15) is 40.5 Å². The van der Waals surface area contributed by atoms with Crippen molar-refractivity contribution in [3.05, 3.63) is 0 Å². The van der Waals surface area contributed by atoms with Gasteiger partial charge in [0.15, 0.2) is 0 Å². The molecule has 0 radical (unpaired) electrons. The summed E-state index contributed by atoms with van der Waals surface area (Å²) in [6.45, 7) is 14.2. The van der Waals surface area contributed by atoms with Crippen LogP contribution in [-0.4, -0.2) is 37.1 Å². The van der Waals surface area contributed by atoms with Crippen molar-refractivity contribution >= 4 is 0 Å². The first kappa shape index (κ1) is 13.0. The molecule has 1 aliphatic rings. The van der Waals surface area contributed by atoms with E-state index in [1.54, 1.807) is 0 Å². The summed E-state index contributed by atoms with van der Waals surface area (Å²) < 4.78 is 0. The minimum absolute atomic E-state index is 0.631. The van der Waals surface area contributed by atoms with Gasteiger partial charge >= 0.3 is 0 Å². The van der Waals surface area contributed by atoms with Gasteiger partial charge in [0.1, 0.15) is 0 Å². The van der Waals surface area contributed by atoms with Crippen molar-refractivity contribution in [1.82, 2.24) is 10.2 Å². The van der Waals surface area contributed by atoms with Crippen LogP contribution < -0.4 is 5.32 Å². The standard InChI is InChI=1S/C13H28N2/c1-11(2)13-6-9-15(10-13)8-5-7-14-12(3)4/h11-14H,5-10H2,1-4H3. The maximum Gasteiger partial charge on any atom is 0.00126 e. The summed E-state index contributed by atoms with van der Waals surface area (Å²) in [6, 6.07) is 0.631. The van der Waals surface area contributed by atoms with Crippen molar-refractivity contribution in [3.8, 4) is 0 Å². The number of rotatable bonds is 6. The number of hydrogen-bond acceptors (Lipinski definition) is 2. The summed E-state index contributed by atoms with van der Waals surface area (Å²) in [5, 5.41) is 3.48. The van der Waals surface area contributed by atoms with Gasteiger partial charge in [-0.25, -0.2) is 0 Å². The van der Waals surface area contributed by atoms with Crippen molar-refractivity contribution in [2.45, 2.75) is 46.6 Å². The van der Waals surface area contributed by atoms with Gasteiger partial charge in [-0.05, 0) is 44.3 Å². The molecule has 1 unspecified atom stereocenters. The molecule has 0 aromatic rings. The van der Waals surface area contributed by atoms with Gasteiger partial charge in [0.25, 0.3) is 0 Å². The van der Waals surface area contributed by atoms with Gasteiger partial charge in [0, 0.05) is 12.6 Å². The van der Waals surface area contributed by atoms with E-state index in [-0.39, 0.29) is 0 Å². The van der Waals surface area contributed by atoms with Crippen LogP contribution >= 0.6 is 0 Å². The van der Waals surface area contributed by atoms with Crippen LogP contribution in [0.3, 0.4) is 0 Å². The van der Waals surface area contributed by atoms with Crippen LogP contribution in [-0.2, 0) is 0 Å². The summed E-state index contributed by atoms with van der Waals surface area (Å²) in [4.78, 5) is 2.63. The topological polar surface area (TPSA) is 15.3 Å². The first-order valence-corrected chi connectivity index (χ1v) is 6.55. The van der Waals surface area contributed by atoms with Crippen LogP contribution in [0.25, 0.3) is 0 Å². The molecule has 0 bridgehead atoms. The molecule has 1 heterocycles. The Morgan fingerprint density at radius 3 is 2.53 bits per heavy atom. The lowest BCUT2D eigenvalue weighted by Gasteiger charge is -2.18. The Bertz CT molecular complexity index is 166. The summed E-state index contributed by atoms with van der Waals surface area (Å²) >= 11 is 0. The molecular weight excluding hydrogens is 184 g/mol. The molecule has 2 heteroatoms. The van der Waals surface area contributed by atoms with Crippen molar-refractivity contribution in [2.75, 3.05) is 26.2 Å². The van der Waals surface area contributed by atoms with Crippen LogP contribution in [0, 0.1) is 11.8 Å².